The van der Waals surface area contributed by atoms with E-state index in [-0.39, 0.29) is 35.2 Å². The van der Waals surface area contributed by atoms with Gasteiger partial charge in [0.05, 0.1) is 16.9 Å². The number of carbonyl (C=O) groups excluding carboxylic acids is 2. The van der Waals surface area contributed by atoms with Gasteiger partial charge in [0.15, 0.2) is 0 Å². The highest BCUT2D eigenvalue weighted by atomic mass is 32.2. The van der Waals surface area contributed by atoms with E-state index in [1.165, 1.54) is 24.3 Å². The quantitative estimate of drug-likeness (QED) is 0.783. The second-order valence-electron chi connectivity index (χ2n) is 5.34. The Hall–Kier alpha value is -1.93. The van der Waals surface area contributed by atoms with Crippen molar-refractivity contribution in [3.63, 3.8) is 0 Å². The molecule has 2 rings (SSSR count). The number of rotatable bonds is 5. The van der Waals surface area contributed by atoms with Gasteiger partial charge in [-0.15, -0.1) is 0 Å². The third kappa shape index (κ3) is 4.28. The number of sulfonamides is 1. The number of benzene rings is 1. The molecule has 0 spiro atoms. The number of nitrogens with two attached hydrogens (primary N) is 1. The lowest BCUT2D eigenvalue weighted by Gasteiger charge is -2.07. The van der Waals surface area contributed by atoms with E-state index < -0.39 is 10.0 Å². The molecule has 1 aliphatic heterocycles. The van der Waals surface area contributed by atoms with Crippen LogP contribution in [0.2, 0.25) is 0 Å². The smallest absolute Gasteiger partial charge is 0.309 e. The minimum atomic E-state index is -3.74. The van der Waals surface area contributed by atoms with Crippen molar-refractivity contribution in [3.8, 4) is 0 Å². The van der Waals surface area contributed by atoms with E-state index in [2.05, 4.69) is 5.32 Å². The van der Waals surface area contributed by atoms with Crippen molar-refractivity contribution in [1.82, 2.24) is 0 Å². The topological polar surface area (TPSA) is 116 Å². The highest BCUT2D eigenvalue weighted by Gasteiger charge is 2.31. The van der Waals surface area contributed by atoms with E-state index in [0.717, 1.165) is 0 Å². The highest BCUT2D eigenvalue weighted by molar-refractivity contribution is 7.89. The molecular formula is C14H18N2O5S. The van der Waals surface area contributed by atoms with Crippen LogP contribution in [0, 0.1) is 5.92 Å². The van der Waals surface area contributed by atoms with Crippen LogP contribution < -0.4 is 10.5 Å². The van der Waals surface area contributed by atoms with Crippen LogP contribution in [0.25, 0.3) is 0 Å². The summed E-state index contributed by atoms with van der Waals surface area (Å²) in [7, 11) is -3.74. The van der Waals surface area contributed by atoms with Crippen LogP contribution in [0.1, 0.15) is 26.2 Å². The van der Waals surface area contributed by atoms with Crippen LogP contribution in [0.15, 0.2) is 29.2 Å². The zero-order valence-corrected chi connectivity index (χ0v) is 12.9. The first-order chi connectivity index (χ1) is 10.3. The molecule has 7 nitrogen and oxygen atoms in total. The second-order valence-corrected chi connectivity index (χ2v) is 6.90. The van der Waals surface area contributed by atoms with Crippen molar-refractivity contribution in [2.45, 2.75) is 37.2 Å². The molecule has 22 heavy (non-hydrogen) atoms. The third-order valence-electron chi connectivity index (χ3n) is 3.45. The lowest BCUT2D eigenvalue weighted by Crippen LogP contribution is -2.16. The van der Waals surface area contributed by atoms with Crippen molar-refractivity contribution in [1.29, 1.82) is 0 Å². The van der Waals surface area contributed by atoms with Gasteiger partial charge < -0.3 is 10.1 Å². The van der Waals surface area contributed by atoms with Crippen LogP contribution >= 0.6 is 0 Å². The number of ether oxygens (including phenoxy) is 1. The number of hydrogen-bond donors (Lipinski definition) is 2. The van der Waals surface area contributed by atoms with Gasteiger partial charge >= 0.3 is 5.97 Å². The van der Waals surface area contributed by atoms with Gasteiger partial charge in [0, 0.05) is 12.1 Å². The van der Waals surface area contributed by atoms with Gasteiger partial charge in [0.1, 0.15) is 0 Å². The van der Waals surface area contributed by atoms with Gasteiger partial charge in [-0.25, -0.2) is 13.6 Å². The molecule has 1 saturated heterocycles. The predicted octanol–water partition coefficient (Wildman–Crippen LogP) is 1.00. The maximum absolute atomic E-state index is 11.8. The first-order valence-electron chi connectivity index (χ1n) is 6.89. The van der Waals surface area contributed by atoms with Gasteiger partial charge in [-0.1, -0.05) is 0 Å². The standard InChI is InChI=1S/C14H18N2O5S/c1-9-8-10(14(18)21-9)2-7-13(17)16-11-3-5-12(6-4-11)22(15,19)20/h3-6,9-10H,2,7-8H2,1H3,(H,16,17)(H2,15,19,20)/t9-,10+/m1/s1. The van der Waals surface area contributed by atoms with Gasteiger partial charge in [0.2, 0.25) is 15.9 Å². The highest BCUT2D eigenvalue weighted by Crippen LogP contribution is 2.25. The fourth-order valence-corrected chi connectivity index (χ4v) is 2.85. The Kier molecular flexibility index (Phi) is 4.82. The second kappa shape index (κ2) is 6.45. The van der Waals surface area contributed by atoms with Crippen molar-refractivity contribution in [3.05, 3.63) is 24.3 Å². The average molecular weight is 326 g/mol. The number of amides is 1. The van der Waals surface area contributed by atoms with Gasteiger partial charge in [-0.2, -0.15) is 0 Å². The maximum Gasteiger partial charge on any atom is 0.309 e. The minimum absolute atomic E-state index is 0.0202. The van der Waals surface area contributed by atoms with Crippen LogP contribution in [0.5, 0.6) is 0 Å². The summed E-state index contributed by atoms with van der Waals surface area (Å²) in [6.07, 6.45) is 1.18. The Morgan fingerprint density at radius 3 is 2.50 bits per heavy atom. The molecule has 0 radical (unpaired) electrons. The molecule has 1 fully saturated rings. The molecule has 0 saturated carbocycles. The van der Waals surface area contributed by atoms with E-state index in [1.807, 2.05) is 6.92 Å². The lowest BCUT2D eigenvalue weighted by molar-refractivity contribution is -0.143. The fourth-order valence-electron chi connectivity index (χ4n) is 2.33. The zero-order chi connectivity index (χ0) is 16.3. The molecule has 0 bridgehead atoms. The lowest BCUT2D eigenvalue weighted by atomic mass is 9.99. The number of hydrogen-bond acceptors (Lipinski definition) is 5. The first-order valence-corrected chi connectivity index (χ1v) is 8.43. The number of nitrogens with one attached hydrogen (secondary N) is 1. The normalized spacial score (nSPS) is 21.5. The minimum Gasteiger partial charge on any atom is -0.462 e. The molecule has 0 aromatic heterocycles. The maximum atomic E-state index is 11.8. The first kappa shape index (κ1) is 16.4. The predicted molar refractivity (Wildman–Crippen MR) is 79.3 cm³/mol. The van der Waals surface area contributed by atoms with Crippen LogP contribution in [0.3, 0.4) is 0 Å². The van der Waals surface area contributed by atoms with E-state index in [9.17, 15) is 18.0 Å². The summed E-state index contributed by atoms with van der Waals surface area (Å²) in [6.45, 7) is 1.82. The molecular weight excluding hydrogens is 308 g/mol. The summed E-state index contributed by atoms with van der Waals surface area (Å²) in [5.41, 5.74) is 0.472. The number of carbonyl (C=O) groups is 2. The fraction of sp³-hybridized carbons (Fsp3) is 0.429. The molecule has 2 atom stereocenters. The Bertz CT molecular complexity index is 669. The Morgan fingerprint density at radius 1 is 1.36 bits per heavy atom. The molecule has 1 aliphatic rings. The van der Waals surface area contributed by atoms with Crippen LogP contribution in [-0.4, -0.2) is 26.4 Å². The Morgan fingerprint density at radius 2 is 2.00 bits per heavy atom. The van der Waals surface area contributed by atoms with E-state index in [1.54, 1.807) is 0 Å². The number of primary sulfonamides is 1. The van der Waals surface area contributed by atoms with Crippen molar-refractivity contribution >= 4 is 27.6 Å². The summed E-state index contributed by atoms with van der Waals surface area (Å²) < 4.78 is 27.3. The third-order valence-corrected chi connectivity index (χ3v) is 4.38. The van der Waals surface area contributed by atoms with Crippen molar-refractivity contribution < 1.29 is 22.7 Å². The van der Waals surface area contributed by atoms with Crippen molar-refractivity contribution in [2.75, 3.05) is 5.32 Å². The molecule has 1 aromatic carbocycles. The summed E-state index contributed by atoms with van der Waals surface area (Å²) >= 11 is 0. The Labute approximate surface area is 128 Å². The van der Waals surface area contributed by atoms with E-state index in [4.69, 9.17) is 9.88 Å². The summed E-state index contributed by atoms with van der Waals surface area (Å²) in [4.78, 5) is 23.3. The number of esters is 1. The number of cyclic esters (lactones) is 1. The summed E-state index contributed by atoms with van der Waals surface area (Å²) in [6, 6.07) is 5.56. The molecule has 0 unspecified atom stereocenters. The van der Waals surface area contributed by atoms with Crippen LogP contribution in [-0.2, 0) is 24.3 Å². The SMILES string of the molecule is C[C@@H]1C[C@H](CCC(=O)Nc2ccc(S(N)(=O)=O)cc2)C(=O)O1. The molecule has 3 N–H and O–H groups in total. The molecule has 1 amide bonds. The van der Waals surface area contributed by atoms with Crippen LogP contribution in [0.4, 0.5) is 5.69 Å². The Balaban J connectivity index is 1.86. The molecule has 1 heterocycles. The summed E-state index contributed by atoms with van der Waals surface area (Å²) in [5, 5.41) is 7.63. The largest absolute Gasteiger partial charge is 0.462 e. The molecule has 0 aliphatic carbocycles. The average Bonchev–Trinajstić information content (AvgIpc) is 2.74. The summed E-state index contributed by atoms with van der Waals surface area (Å²) in [5.74, 6) is -0.723. The molecule has 120 valence electrons. The van der Waals surface area contributed by atoms with Gasteiger partial charge in [0.25, 0.3) is 0 Å². The van der Waals surface area contributed by atoms with E-state index >= 15 is 0 Å². The van der Waals surface area contributed by atoms with Crippen molar-refractivity contribution in [2.24, 2.45) is 11.1 Å². The number of anilines is 1. The monoisotopic (exact) mass is 326 g/mol. The van der Waals surface area contributed by atoms with Gasteiger partial charge in [-0.05, 0) is 44.0 Å². The van der Waals surface area contributed by atoms with Gasteiger partial charge in [-0.3, -0.25) is 9.59 Å². The molecule has 1 aromatic rings. The van der Waals surface area contributed by atoms with E-state index in [0.29, 0.717) is 18.5 Å². The zero-order valence-electron chi connectivity index (χ0n) is 12.1. The molecule has 8 heteroatoms.